The summed E-state index contributed by atoms with van der Waals surface area (Å²) in [6.45, 7) is 7.18. The maximum absolute atomic E-state index is 13.7. The molecule has 0 aliphatic heterocycles. The van der Waals surface area contributed by atoms with Crippen molar-refractivity contribution in [1.82, 2.24) is 15.5 Å². The van der Waals surface area contributed by atoms with Crippen LogP contribution in [0.25, 0.3) is 0 Å². The Balaban J connectivity index is 3.34. The van der Waals surface area contributed by atoms with Gasteiger partial charge >= 0.3 is 6.09 Å². The summed E-state index contributed by atoms with van der Waals surface area (Å²) >= 11 is 1.49. The molecule has 0 heterocycles. The van der Waals surface area contributed by atoms with Crippen molar-refractivity contribution in [2.75, 3.05) is 25.1 Å². The van der Waals surface area contributed by atoms with Crippen LogP contribution in [-0.4, -0.2) is 64.7 Å². The Morgan fingerprint density at radius 2 is 1.91 bits per heavy atom. The molecule has 0 fully saturated rings. The molecule has 2 atom stereocenters. The summed E-state index contributed by atoms with van der Waals surface area (Å²) < 4.78 is 5.31. The third-order valence-corrected chi connectivity index (χ3v) is 5.64. The zero-order chi connectivity index (χ0) is 26.4. The third kappa shape index (κ3) is 10.5. The van der Waals surface area contributed by atoms with Crippen LogP contribution in [0.2, 0.25) is 0 Å². The summed E-state index contributed by atoms with van der Waals surface area (Å²) in [6, 6.07) is 5.90. The first-order valence-electron chi connectivity index (χ1n) is 11.8. The lowest BCUT2D eigenvalue weighted by atomic mass is 10.0. The van der Waals surface area contributed by atoms with Crippen molar-refractivity contribution in [3.63, 3.8) is 0 Å². The van der Waals surface area contributed by atoms with E-state index in [2.05, 4.69) is 10.6 Å². The van der Waals surface area contributed by atoms with Gasteiger partial charge in [0.25, 0.3) is 0 Å². The Morgan fingerprint density at radius 1 is 1.23 bits per heavy atom. The number of phenols is 1. The minimum absolute atomic E-state index is 0.169. The monoisotopic (exact) mass is 506 g/mol. The zero-order valence-corrected chi connectivity index (χ0v) is 22.1. The third-order valence-electron chi connectivity index (χ3n) is 4.99. The molecule has 0 aliphatic rings. The fraction of sp³-hybridized carbons (Fsp3) is 0.600. The number of carbonyl (C=O) groups is 3. The molecule has 3 amide bonds. The van der Waals surface area contributed by atoms with Gasteiger partial charge in [0, 0.05) is 12.1 Å². The first-order valence-corrected chi connectivity index (χ1v) is 13.2. The van der Waals surface area contributed by atoms with Crippen molar-refractivity contribution in [2.24, 2.45) is 0 Å². The van der Waals surface area contributed by atoms with Crippen LogP contribution >= 0.6 is 11.8 Å². The first-order chi connectivity index (χ1) is 16.6. The lowest BCUT2D eigenvalue weighted by Crippen LogP contribution is -2.53. The number of hydrogen-bond acceptors (Lipinski definition) is 7. The molecule has 0 spiro atoms. The molecule has 0 bridgehead atoms. The van der Waals surface area contributed by atoms with Gasteiger partial charge in [-0.3, -0.25) is 9.59 Å². The van der Waals surface area contributed by atoms with E-state index >= 15 is 0 Å². The molecule has 0 aromatic heterocycles. The summed E-state index contributed by atoms with van der Waals surface area (Å²) in [5.41, 5.74) is -0.565. The molecule has 9 nitrogen and oxygen atoms in total. The lowest BCUT2D eigenvalue weighted by Gasteiger charge is -2.33. The molecule has 2 unspecified atom stereocenters. The van der Waals surface area contributed by atoms with E-state index < -0.39 is 42.1 Å². The highest BCUT2D eigenvalue weighted by Crippen LogP contribution is 2.30. The van der Waals surface area contributed by atoms with E-state index in [-0.39, 0.29) is 17.7 Å². The molecular weight excluding hydrogens is 468 g/mol. The average molecular weight is 507 g/mol. The number of benzene rings is 1. The highest BCUT2D eigenvalue weighted by atomic mass is 32.2. The standard InChI is InChI=1S/C25H38N4O5S/c1-6-7-10-15-27-22(31)21(18-11-8-9-12-20(18)30)29(16-14-26)23(32)19(13-17-35-5)28-24(33)34-25(2,3)4/h8-9,11-12,19,21,30H,6-7,10,13,15-17H2,1-5H3,(H,27,31)(H,28,33). The molecule has 0 saturated carbocycles. The summed E-state index contributed by atoms with van der Waals surface area (Å²) in [5.74, 6) is -0.731. The number of nitrogens with zero attached hydrogens (tertiary/aromatic N) is 2. The normalized spacial score (nSPS) is 12.7. The van der Waals surface area contributed by atoms with Crippen LogP contribution in [0.1, 0.15) is 65.0 Å². The van der Waals surface area contributed by atoms with Gasteiger partial charge in [-0.25, -0.2) is 4.79 Å². The van der Waals surface area contributed by atoms with E-state index in [1.807, 2.05) is 19.2 Å². The molecule has 0 aliphatic carbocycles. The number of amides is 3. The maximum atomic E-state index is 13.7. The van der Waals surface area contributed by atoms with Crippen LogP contribution in [0.15, 0.2) is 24.3 Å². The highest BCUT2D eigenvalue weighted by molar-refractivity contribution is 7.98. The molecule has 35 heavy (non-hydrogen) atoms. The summed E-state index contributed by atoms with van der Waals surface area (Å²) in [7, 11) is 0. The molecule has 1 aromatic carbocycles. The number of rotatable bonds is 13. The Bertz CT molecular complexity index is 881. The number of nitrogens with one attached hydrogen (secondary N) is 2. The van der Waals surface area contributed by atoms with Gasteiger partial charge in [0.15, 0.2) is 0 Å². The first kappa shape index (κ1) is 30.1. The second-order valence-corrected chi connectivity index (χ2v) is 10.0. The Kier molecular flexibility index (Phi) is 13.0. The molecule has 1 aromatic rings. The smallest absolute Gasteiger partial charge is 0.408 e. The van der Waals surface area contributed by atoms with Gasteiger partial charge in [-0.05, 0) is 51.7 Å². The van der Waals surface area contributed by atoms with Gasteiger partial charge in [-0.1, -0.05) is 38.0 Å². The van der Waals surface area contributed by atoms with Gasteiger partial charge in [0.2, 0.25) is 11.8 Å². The van der Waals surface area contributed by atoms with Gasteiger partial charge in [-0.15, -0.1) is 0 Å². The van der Waals surface area contributed by atoms with E-state index in [1.54, 1.807) is 39.0 Å². The van der Waals surface area contributed by atoms with Crippen molar-refractivity contribution in [3.8, 4) is 11.8 Å². The fourth-order valence-corrected chi connectivity index (χ4v) is 3.84. The Labute approximate surface area is 212 Å². The predicted molar refractivity (Wildman–Crippen MR) is 137 cm³/mol. The van der Waals surface area contributed by atoms with Crippen molar-refractivity contribution < 1.29 is 24.2 Å². The summed E-state index contributed by atoms with van der Waals surface area (Å²) in [5, 5.41) is 25.4. The van der Waals surface area contributed by atoms with Gasteiger partial charge in [0.1, 0.15) is 30.0 Å². The van der Waals surface area contributed by atoms with Crippen LogP contribution in [0.3, 0.4) is 0 Å². The van der Waals surface area contributed by atoms with Crippen molar-refractivity contribution in [1.29, 1.82) is 5.26 Å². The Hall–Kier alpha value is -2.93. The fourth-order valence-electron chi connectivity index (χ4n) is 3.37. The molecule has 10 heteroatoms. The van der Waals surface area contributed by atoms with E-state index in [1.165, 1.54) is 17.8 Å². The van der Waals surface area contributed by atoms with Crippen molar-refractivity contribution in [3.05, 3.63) is 29.8 Å². The second-order valence-electron chi connectivity index (χ2n) is 9.06. The van der Waals surface area contributed by atoms with Crippen LogP contribution < -0.4 is 10.6 Å². The molecule has 194 valence electrons. The van der Waals surface area contributed by atoms with Crippen LogP contribution in [0.4, 0.5) is 4.79 Å². The van der Waals surface area contributed by atoms with Crippen molar-refractivity contribution >= 4 is 29.7 Å². The number of hydrogen-bond donors (Lipinski definition) is 3. The summed E-state index contributed by atoms with van der Waals surface area (Å²) in [4.78, 5) is 40.5. The minimum atomic E-state index is -1.25. The number of phenolic OH excluding ortho intramolecular Hbond substituents is 1. The largest absolute Gasteiger partial charge is 0.508 e. The quantitative estimate of drug-likeness (QED) is 0.274. The number of aromatic hydroxyl groups is 1. The number of nitriles is 1. The predicted octanol–water partition coefficient (Wildman–Crippen LogP) is 3.74. The number of carbonyl (C=O) groups excluding carboxylic acids is 3. The maximum Gasteiger partial charge on any atom is 0.408 e. The van der Waals surface area contributed by atoms with Crippen LogP contribution in [0.5, 0.6) is 5.75 Å². The highest BCUT2D eigenvalue weighted by Gasteiger charge is 2.37. The van der Waals surface area contributed by atoms with Gasteiger partial charge < -0.3 is 25.4 Å². The van der Waals surface area contributed by atoms with E-state index in [0.29, 0.717) is 12.3 Å². The van der Waals surface area contributed by atoms with Gasteiger partial charge in [-0.2, -0.15) is 17.0 Å². The number of ether oxygens (including phenoxy) is 1. The second kappa shape index (κ2) is 15.1. The lowest BCUT2D eigenvalue weighted by molar-refractivity contribution is -0.141. The number of thioether (sulfide) groups is 1. The molecule has 0 saturated heterocycles. The van der Waals surface area contributed by atoms with E-state index in [9.17, 15) is 24.8 Å². The van der Waals surface area contributed by atoms with E-state index in [4.69, 9.17) is 4.74 Å². The molecule has 1 rings (SSSR count). The average Bonchev–Trinajstić information content (AvgIpc) is 2.78. The van der Waals surface area contributed by atoms with Crippen LogP contribution in [0, 0.1) is 11.3 Å². The minimum Gasteiger partial charge on any atom is -0.508 e. The SMILES string of the molecule is CCCCCNC(=O)C(c1ccccc1O)N(CC#N)C(=O)C(CCSC)NC(=O)OC(C)(C)C. The summed E-state index contributed by atoms with van der Waals surface area (Å²) in [6.07, 6.45) is 4.04. The number of unbranched alkanes of at least 4 members (excludes halogenated alkanes) is 2. The molecule has 0 radical (unpaired) electrons. The topological polar surface area (TPSA) is 132 Å². The van der Waals surface area contributed by atoms with E-state index in [0.717, 1.165) is 24.2 Å². The number of para-hydroxylation sites is 1. The number of alkyl carbamates (subject to hydrolysis) is 1. The van der Waals surface area contributed by atoms with Crippen LogP contribution in [-0.2, 0) is 14.3 Å². The van der Waals surface area contributed by atoms with Crippen molar-refractivity contribution in [2.45, 2.75) is 71.1 Å². The van der Waals surface area contributed by atoms with Gasteiger partial charge in [0.05, 0.1) is 6.07 Å². The molecule has 3 N–H and O–H groups in total. The molecular formula is C25H38N4O5S. The zero-order valence-electron chi connectivity index (χ0n) is 21.3. The Morgan fingerprint density at radius 3 is 2.49 bits per heavy atom.